The predicted molar refractivity (Wildman–Crippen MR) is 63.0 cm³/mol. The molecule has 0 aromatic carbocycles. The van der Waals surface area contributed by atoms with Gasteiger partial charge in [0.2, 0.25) is 0 Å². The number of hydrogen-bond acceptors (Lipinski definition) is 5. The molecular formula is C12H9N5. The number of pyridine rings is 1. The molecule has 0 atom stereocenters. The Bertz CT molecular complexity index is 583. The normalized spacial score (nSPS) is 10.9. The molecule has 82 valence electrons. The van der Waals surface area contributed by atoms with Gasteiger partial charge in [-0.25, -0.2) is 9.97 Å². The molecule has 0 aliphatic rings. The Hall–Kier alpha value is -2.74. The van der Waals surface area contributed by atoms with Gasteiger partial charge in [-0.05, 0) is 18.2 Å². The van der Waals surface area contributed by atoms with Crippen LogP contribution in [-0.4, -0.2) is 15.0 Å². The van der Waals surface area contributed by atoms with Gasteiger partial charge in [0.25, 0.3) is 0 Å². The van der Waals surface area contributed by atoms with E-state index in [4.69, 9.17) is 11.0 Å². The van der Waals surface area contributed by atoms with Gasteiger partial charge in [0, 0.05) is 30.2 Å². The summed E-state index contributed by atoms with van der Waals surface area (Å²) in [7, 11) is 0. The van der Waals surface area contributed by atoms with Crippen LogP contribution in [0.1, 0.15) is 5.69 Å². The molecule has 0 saturated carbocycles. The van der Waals surface area contributed by atoms with Crippen molar-refractivity contribution in [3.63, 3.8) is 0 Å². The molecule has 2 aromatic rings. The average Bonchev–Trinajstić information content (AvgIpc) is 2.40. The van der Waals surface area contributed by atoms with Crippen LogP contribution in [0.15, 0.2) is 42.9 Å². The van der Waals surface area contributed by atoms with Crippen LogP contribution in [0.5, 0.6) is 0 Å². The molecule has 2 aromatic heterocycles. The number of hydrogen-bond donors (Lipinski definition) is 1. The third kappa shape index (κ3) is 2.44. The Morgan fingerprint density at radius 1 is 1.24 bits per heavy atom. The Morgan fingerprint density at radius 2 is 2.00 bits per heavy atom. The zero-order valence-electron chi connectivity index (χ0n) is 8.91. The minimum Gasteiger partial charge on any atom is -0.396 e. The minimum atomic E-state index is 0.324. The molecule has 2 N–H and O–H groups in total. The van der Waals surface area contributed by atoms with E-state index in [1.54, 1.807) is 24.7 Å². The molecule has 0 unspecified atom stereocenters. The fourth-order valence-electron chi connectivity index (χ4n) is 1.30. The first-order chi connectivity index (χ1) is 8.31. The van der Waals surface area contributed by atoms with Crippen molar-refractivity contribution in [1.29, 1.82) is 5.26 Å². The Balaban J connectivity index is 2.43. The van der Waals surface area contributed by atoms with E-state index in [2.05, 4.69) is 15.0 Å². The second-order valence-electron chi connectivity index (χ2n) is 3.23. The summed E-state index contributed by atoms with van der Waals surface area (Å²) in [5, 5.41) is 8.53. The van der Waals surface area contributed by atoms with Crippen LogP contribution in [-0.2, 0) is 0 Å². The van der Waals surface area contributed by atoms with Crippen molar-refractivity contribution in [3.8, 4) is 17.5 Å². The number of rotatable bonds is 2. The molecule has 5 heteroatoms. The van der Waals surface area contributed by atoms with Gasteiger partial charge in [-0.3, -0.25) is 4.98 Å². The van der Waals surface area contributed by atoms with Crippen molar-refractivity contribution in [3.05, 3.63) is 48.6 Å². The number of nitrogens with two attached hydrogens (primary N) is 1. The van der Waals surface area contributed by atoms with E-state index in [1.165, 1.54) is 6.08 Å². The topological polar surface area (TPSA) is 88.5 Å². The van der Waals surface area contributed by atoms with E-state index in [0.717, 1.165) is 5.56 Å². The lowest BCUT2D eigenvalue weighted by Gasteiger charge is -2.02. The number of aromatic nitrogens is 3. The van der Waals surface area contributed by atoms with Crippen LogP contribution >= 0.6 is 0 Å². The van der Waals surface area contributed by atoms with E-state index >= 15 is 0 Å². The van der Waals surface area contributed by atoms with Crippen molar-refractivity contribution in [2.75, 3.05) is 0 Å². The number of nitriles is 1. The first-order valence-corrected chi connectivity index (χ1v) is 4.90. The van der Waals surface area contributed by atoms with Crippen molar-refractivity contribution < 1.29 is 0 Å². The van der Waals surface area contributed by atoms with Crippen molar-refractivity contribution in [1.82, 2.24) is 15.0 Å². The molecule has 0 bridgehead atoms. The summed E-state index contributed by atoms with van der Waals surface area (Å²) in [4.78, 5) is 12.3. The fourth-order valence-corrected chi connectivity index (χ4v) is 1.30. The Kier molecular flexibility index (Phi) is 3.08. The Labute approximate surface area is 98.3 Å². The highest BCUT2D eigenvalue weighted by atomic mass is 14.9. The lowest BCUT2D eigenvalue weighted by molar-refractivity contribution is 1.14. The summed E-state index contributed by atoms with van der Waals surface area (Å²) in [5.41, 5.74) is 7.40. The highest BCUT2D eigenvalue weighted by molar-refractivity contribution is 5.64. The van der Waals surface area contributed by atoms with Crippen LogP contribution in [0, 0.1) is 11.3 Å². The standard InChI is InChI=1S/C12H9N5/c13-5-1-10(14)11-4-8-16-12(17-11)9-2-6-15-7-3-9/h1-4,6-8H,14H2/b10-1+. The molecule has 5 nitrogen and oxygen atoms in total. The van der Waals surface area contributed by atoms with Gasteiger partial charge >= 0.3 is 0 Å². The lowest BCUT2D eigenvalue weighted by atomic mass is 10.2. The second-order valence-corrected chi connectivity index (χ2v) is 3.23. The second kappa shape index (κ2) is 4.86. The lowest BCUT2D eigenvalue weighted by Crippen LogP contribution is -2.01. The molecule has 17 heavy (non-hydrogen) atoms. The van der Waals surface area contributed by atoms with Crippen LogP contribution in [0.3, 0.4) is 0 Å². The van der Waals surface area contributed by atoms with E-state index in [0.29, 0.717) is 17.2 Å². The van der Waals surface area contributed by atoms with E-state index < -0.39 is 0 Å². The van der Waals surface area contributed by atoms with Gasteiger partial charge in [0.05, 0.1) is 17.5 Å². The predicted octanol–water partition coefficient (Wildman–Crippen LogP) is 1.36. The summed E-state index contributed by atoms with van der Waals surface area (Å²) < 4.78 is 0. The van der Waals surface area contributed by atoms with Crippen LogP contribution in [0.4, 0.5) is 0 Å². The molecule has 2 rings (SSSR count). The van der Waals surface area contributed by atoms with Crippen LogP contribution in [0.2, 0.25) is 0 Å². The van der Waals surface area contributed by atoms with E-state index in [9.17, 15) is 0 Å². The van der Waals surface area contributed by atoms with E-state index in [-0.39, 0.29) is 0 Å². The van der Waals surface area contributed by atoms with Crippen LogP contribution in [0.25, 0.3) is 17.1 Å². The first-order valence-electron chi connectivity index (χ1n) is 4.90. The molecule has 2 heterocycles. The quantitative estimate of drug-likeness (QED) is 0.776. The molecule has 0 aliphatic carbocycles. The van der Waals surface area contributed by atoms with Crippen molar-refractivity contribution >= 4 is 5.70 Å². The summed E-state index contributed by atoms with van der Waals surface area (Å²) in [6.07, 6.45) is 6.19. The first kappa shape index (κ1) is 10.8. The number of nitrogens with zero attached hydrogens (tertiary/aromatic N) is 4. The molecule has 0 spiro atoms. The monoisotopic (exact) mass is 223 g/mol. The summed E-state index contributed by atoms with van der Waals surface area (Å²) in [5.74, 6) is 0.555. The van der Waals surface area contributed by atoms with Gasteiger partial charge in [0.1, 0.15) is 0 Å². The molecule has 0 radical (unpaired) electrons. The SMILES string of the molecule is N#C/C=C(/N)c1ccnc(-c2ccncc2)n1. The Morgan fingerprint density at radius 3 is 2.71 bits per heavy atom. The van der Waals surface area contributed by atoms with Crippen molar-refractivity contribution in [2.24, 2.45) is 5.73 Å². The number of allylic oxidation sites excluding steroid dienone is 1. The van der Waals surface area contributed by atoms with Crippen LogP contribution < -0.4 is 5.73 Å². The van der Waals surface area contributed by atoms with Gasteiger partial charge in [0.15, 0.2) is 5.82 Å². The maximum Gasteiger partial charge on any atom is 0.159 e. The van der Waals surface area contributed by atoms with Crippen molar-refractivity contribution in [2.45, 2.75) is 0 Å². The third-order valence-corrected chi connectivity index (χ3v) is 2.11. The summed E-state index contributed by atoms with van der Waals surface area (Å²) >= 11 is 0. The largest absolute Gasteiger partial charge is 0.396 e. The molecule has 0 saturated heterocycles. The maximum atomic E-state index is 8.53. The fraction of sp³-hybridized carbons (Fsp3) is 0. The zero-order valence-corrected chi connectivity index (χ0v) is 8.91. The molecule has 0 fully saturated rings. The summed E-state index contributed by atoms with van der Waals surface area (Å²) in [6, 6.07) is 7.15. The molecule has 0 amide bonds. The van der Waals surface area contributed by atoms with Gasteiger partial charge in [-0.1, -0.05) is 0 Å². The highest BCUT2D eigenvalue weighted by Crippen LogP contribution is 2.14. The van der Waals surface area contributed by atoms with E-state index in [1.807, 2.05) is 18.2 Å². The maximum absolute atomic E-state index is 8.53. The van der Waals surface area contributed by atoms with Gasteiger partial charge in [-0.15, -0.1) is 0 Å². The summed E-state index contributed by atoms with van der Waals surface area (Å²) in [6.45, 7) is 0. The molecule has 0 aliphatic heterocycles. The average molecular weight is 223 g/mol. The molecular weight excluding hydrogens is 214 g/mol. The minimum absolute atomic E-state index is 0.324. The highest BCUT2D eigenvalue weighted by Gasteiger charge is 2.03. The van der Waals surface area contributed by atoms with Gasteiger partial charge < -0.3 is 5.73 Å². The third-order valence-electron chi connectivity index (χ3n) is 2.11. The van der Waals surface area contributed by atoms with Gasteiger partial charge in [-0.2, -0.15) is 5.26 Å². The smallest absolute Gasteiger partial charge is 0.159 e. The zero-order chi connectivity index (χ0) is 12.1.